The molecule has 0 saturated carbocycles. The Morgan fingerprint density at radius 2 is 2.30 bits per heavy atom. The molecule has 0 aliphatic carbocycles. The van der Waals surface area contributed by atoms with Crippen LogP contribution in [0.4, 0.5) is 0 Å². The van der Waals surface area contributed by atoms with Crippen LogP contribution in [0.25, 0.3) is 0 Å². The monoisotopic (exact) mass is 340 g/mol. The molecule has 5 nitrogen and oxygen atoms in total. The summed E-state index contributed by atoms with van der Waals surface area (Å²) in [5.41, 5.74) is 0.392. The summed E-state index contributed by atoms with van der Waals surface area (Å²) >= 11 is 3.25. The number of ether oxygens (including phenoxy) is 1. The second kappa shape index (κ2) is 6.83. The molecule has 1 atom stereocenters. The van der Waals surface area contributed by atoms with Gasteiger partial charge in [-0.3, -0.25) is 9.59 Å². The third-order valence-corrected chi connectivity index (χ3v) is 3.70. The van der Waals surface area contributed by atoms with Crippen molar-refractivity contribution in [1.29, 1.82) is 0 Å². The van der Waals surface area contributed by atoms with Gasteiger partial charge in [-0.25, -0.2) is 4.98 Å². The van der Waals surface area contributed by atoms with Gasteiger partial charge in [-0.05, 0) is 47.8 Å². The van der Waals surface area contributed by atoms with Crippen molar-refractivity contribution in [3.63, 3.8) is 0 Å². The van der Waals surface area contributed by atoms with Crippen LogP contribution < -0.4 is 0 Å². The highest BCUT2D eigenvalue weighted by molar-refractivity contribution is 9.10. The lowest BCUT2D eigenvalue weighted by Crippen LogP contribution is -2.43. The second-order valence-corrected chi connectivity index (χ2v) is 5.50. The summed E-state index contributed by atoms with van der Waals surface area (Å²) in [6, 6.07) is 5.23. The van der Waals surface area contributed by atoms with E-state index in [4.69, 9.17) is 4.74 Å². The Labute approximate surface area is 126 Å². The van der Waals surface area contributed by atoms with Crippen LogP contribution in [-0.4, -0.2) is 41.5 Å². The molecule has 1 aromatic heterocycles. The molecule has 1 aromatic rings. The molecular weight excluding hydrogens is 324 g/mol. The highest BCUT2D eigenvalue weighted by Crippen LogP contribution is 2.20. The molecule has 1 saturated heterocycles. The molecule has 1 aliphatic heterocycles. The summed E-state index contributed by atoms with van der Waals surface area (Å²) in [5, 5.41) is 0. The number of halogens is 1. The predicted octanol–water partition coefficient (Wildman–Crippen LogP) is 2.26. The number of hydrogen-bond acceptors (Lipinski definition) is 4. The van der Waals surface area contributed by atoms with Gasteiger partial charge < -0.3 is 9.64 Å². The first-order valence-corrected chi connectivity index (χ1v) is 7.49. The van der Waals surface area contributed by atoms with Crippen LogP contribution in [-0.2, 0) is 9.53 Å². The van der Waals surface area contributed by atoms with Crippen molar-refractivity contribution in [2.75, 3.05) is 19.7 Å². The van der Waals surface area contributed by atoms with E-state index in [-0.39, 0.29) is 17.8 Å². The van der Waals surface area contributed by atoms with E-state index < -0.39 is 0 Å². The Hall–Kier alpha value is -1.43. The van der Waals surface area contributed by atoms with Crippen molar-refractivity contribution in [2.24, 2.45) is 5.92 Å². The normalized spacial score (nSPS) is 18.7. The lowest BCUT2D eigenvalue weighted by molar-refractivity contribution is -0.149. The molecule has 0 N–H and O–H groups in total. The van der Waals surface area contributed by atoms with Crippen molar-refractivity contribution in [3.05, 3.63) is 28.5 Å². The molecule has 0 unspecified atom stereocenters. The van der Waals surface area contributed by atoms with E-state index in [2.05, 4.69) is 20.9 Å². The summed E-state index contributed by atoms with van der Waals surface area (Å²) in [6.07, 6.45) is 1.58. The Morgan fingerprint density at radius 1 is 1.50 bits per heavy atom. The highest BCUT2D eigenvalue weighted by atomic mass is 79.9. The van der Waals surface area contributed by atoms with Crippen LogP contribution in [0.3, 0.4) is 0 Å². The quantitative estimate of drug-likeness (QED) is 0.625. The summed E-state index contributed by atoms with van der Waals surface area (Å²) in [4.78, 5) is 30.0. The first kappa shape index (κ1) is 15.0. The lowest BCUT2D eigenvalue weighted by atomic mass is 9.98. The van der Waals surface area contributed by atoms with Gasteiger partial charge in [0.05, 0.1) is 12.5 Å². The predicted molar refractivity (Wildman–Crippen MR) is 77.2 cm³/mol. The van der Waals surface area contributed by atoms with Crippen molar-refractivity contribution in [3.8, 4) is 0 Å². The van der Waals surface area contributed by atoms with Crippen molar-refractivity contribution in [1.82, 2.24) is 9.88 Å². The van der Waals surface area contributed by atoms with E-state index in [1.807, 2.05) is 0 Å². The van der Waals surface area contributed by atoms with Crippen LogP contribution in [0.2, 0.25) is 0 Å². The minimum atomic E-state index is -0.222. The molecule has 0 radical (unpaired) electrons. The number of nitrogens with zero attached hydrogens (tertiary/aromatic N) is 2. The summed E-state index contributed by atoms with van der Waals surface area (Å²) in [7, 11) is 0. The first-order valence-electron chi connectivity index (χ1n) is 6.70. The van der Waals surface area contributed by atoms with Crippen LogP contribution in [0.15, 0.2) is 22.8 Å². The van der Waals surface area contributed by atoms with E-state index in [9.17, 15) is 9.59 Å². The molecule has 0 spiro atoms. The number of piperidine rings is 1. The Morgan fingerprint density at radius 3 is 3.00 bits per heavy atom. The first-order chi connectivity index (χ1) is 9.61. The Balaban J connectivity index is 2.05. The minimum Gasteiger partial charge on any atom is -0.466 e. The van der Waals surface area contributed by atoms with Crippen molar-refractivity contribution >= 4 is 27.8 Å². The fourth-order valence-electron chi connectivity index (χ4n) is 2.30. The number of aromatic nitrogens is 1. The number of hydrogen-bond donors (Lipinski definition) is 0. The Bertz CT molecular complexity index is 507. The zero-order valence-corrected chi connectivity index (χ0v) is 12.9. The van der Waals surface area contributed by atoms with Gasteiger partial charge in [-0.15, -0.1) is 0 Å². The topological polar surface area (TPSA) is 59.5 Å². The molecule has 20 heavy (non-hydrogen) atoms. The maximum atomic E-state index is 12.4. The maximum Gasteiger partial charge on any atom is 0.310 e. The van der Waals surface area contributed by atoms with E-state index in [0.29, 0.717) is 30.0 Å². The van der Waals surface area contributed by atoms with E-state index in [1.54, 1.807) is 30.0 Å². The smallest absolute Gasteiger partial charge is 0.310 e. The number of esters is 1. The Kier molecular flexibility index (Phi) is 5.11. The van der Waals surface area contributed by atoms with Gasteiger partial charge in [0, 0.05) is 13.1 Å². The molecule has 0 aromatic carbocycles. The zero-order valence-electron chi connectivity index (χ0n) is 11.3. The summed E-state index contributed by atoms with van der Waals surface area (Å²) < 4.78 is 5.66. The number of pyridine rings is 1. The molecule has 1 amide bonds. The second-order valence-electron chi connectivity index (χ2n) is 4.69. The molecule has 6 heteroatoms. The van der Waals surface area contributed by atoms with Crippen molar-refractivity contribution in [2.45, 2.75) is 19.8 Å². The van der Waals surface area contributed by atoms with Crippen LogP contribution in [0.1, 0.15) is 30.3 Å². The van der Waals surface area contributed by atoms with Crippen molar-refractivity contribution < 1.29 is 14.3 Å². The minimum absolute atomic E-state index is 0.139. The molecule has 2 heterocycles. The summed E-state index contributed by atoms with van der Waals surface area (Å²) in [5.74, 6) is -0.577. The molecule has 1 fully saturated rings. The zero-order chi connectivity index (χ0) is 14.5. The largest absolute Gasteiger partial charge is 0.466 e. The average Bonchev–Trinajstić information content (AvgIpc) is 2.47. The van der Waals surface area contributed by atoms with Crippen LogP contribution in [0.5, 0.6) is 0 Å². The number of rotatable bonds is 3. The molecule has 1 aliphatic rings. The van der Waals surface area contributed by atoms with Gasteiger partial charge >= 0.3 is 5.97 Å². The van der Waals surface area contributed by atoms with E-state index >= 15 is 0 Å². The van der Waals surface area contributed by atoms with E-state index in [0.717, 1.165) is 12.8 Å². The fraction of sp³-hybridized carbons (Fsp3) is 0.500. The number of likely N-dealkylation sites (tertiary alicyclic amines) is 1. The molecule has 2 rings (SSSR count). The van der Waals surface area contributed by atoms with Gasteiger partial charge in [0.1, 0.15) is 10.3 Å². The van der Waals surface area contributed by atoms with Crippen LogP contribution in [0, 0.1) is 5.92 Å². The van der Waals surface area contributed by atoms with E-state index in [1.165, 1.54) is 0 Å². The third kappa shape index (κ3) is 3.56. The van der Waals surface area contributed by atoms with Gasteiger partial charge in [-0.2, -0.15) is 0 Å². The van der Waals surface area contributed by atoms with Gasteiger partial charge in [0.15, 0.2) is 0 Å². The third-order valence-electron chi connectivity index (χ3n) is 3.26. The molecule has 0 bridgehead atoms. The maximum absolute atomic E-state index is 12.4. The van der Waals surface area contributed by atoms with Crippen LogP contribution >= 0.6 is 15.9 Å². The lowest BCUT2D eigenvalue weighted by Gasteiger charge is -2.31. The molecular formula is C14H17BrN2O3. The fourth-order valence-corrected chi connectivity index (χ4v) is 2.65. The summed E-state index contributed by atoms with van der Waals surface area (Å²) in [6.45, 7) is 3.22. The standard InChI is InChI=1S/C14H17BrN2O3/c1-2-20-14(19)10-5-4-8-17(9-10)13(18)11-6-3-7-12(15)16-11/h3,6-7,10H,2,4-5,8-9H2,1H3/t10-/m1/s1. The number of carbonyl (C=O) groups is 2. The van der Waals surface area contributed by atoms with Gasteiger partial charge in [-0.1, -0.05) is 6.07 Å². The SMILES string of the molecule is CCOC(=O)[C@@H]1CCCN(C(=O)c2cccc(Br)n2)C1. The molecule has 108 valence electrons. The average molecular weight is 341 g/mol. The van der Waals surface area contributed by atoms with Gasteiger partial charge in [0.2, 0.25) is 0 Å². The van der Waals surface area contributed by atoms with Gasteiger partial charge in [0.25, 0.3) is 5.91 Å². The number of carbonyl (C=O) groups excluding carboxylic acids is 2. The number of amides is 1. The highest BCUT2D eigenvalue weighted by Gasteiger charge is 2.30.